The number of carbonyl (C=O) groups is 1. The highest BCUT2D eigenvalue weighted by atomic mass is 35.5. The highest BCUT2D eigenvalue weighted by molar-refractivity contribution is 6.31. The van der Waals surface area contributed by atoms with E-state index < -0.39 is 0 Å². The topological polar surface area (TPSA) is 53.6 Å². The summed E-state index contributed by atoms with van der Waals surface area (Å²) in [4.78, 5) is 14.5. The zero-order valence-electron chi connectivity index (χ0n) is 14.7. The van der Waals surface area contributed by atoms with Crippen molar-refractivity contribution in [3.05, 3.63) is 70.2 Å². The summed E-state index contributed by atoms with van der Waals surface area (Å²) in [7, 11) is 0. The first kappa shape index (κ1) is 18.7. The van der Waals surface area contributed by atoms with Crippen molar-refractivity contribution in [1.82, 2.24) is 15.5 Å². The molecule has 1 aliphatic heterocycles. The average molecular weight is 374 g/mol. The molecule has 2 aromatic carbocycles. The Hall–Kier alpha value is -2.08. The van der Waals surface area contributed by atoms with Crippen LogP contribution in [-0.4, -0.2) is 37.2 Å². The monoisotopic (exact) mass is 373 g/mol. The standard InChI is InChI=1S/C20H24ClN3O2/c21-19-8-4-3-6-17(19)14-23-20(25)22-13-16-5-1-2-7-18(16)15-24-9-11-26-12-10-24/h1-8H,9-15H2,(H2,22,23,25). The van der Waals surface area contributed by atoms with Gasteiger partial charge in [-0.15, -0.1) is 0 Å². The third kappa shape index (κ3) is 5.46. The van der Waals surface area contributed by atoms with Gasteiger partial charge in [-0.05, 0) is 22.8 Å². The van der Waals surface area contributed by atoms with E-state index in [2.05, 4.69) is 27.7 Å². The number of rotatable bonds is 6. The molecule has 0 aliphatic carbocycles. The van der Waals surface area contributed by atoms with E-state index >= 15 is 0 Å². The average Bonchev–Trinajstić information content (AvgIpc) is 2.67. The fourth-order valence-electron chi connectivity index (χ4n) is 2.94. The number of morpholine rings is 1. The summed E-state index contributed by atoms with van der Waals surface area (Å²) in [5.74, 6) is 0. The minimum Gasteiger partial charge on any atom is -0.379 e. The number of hydrogen-bond donors (Lipinski definition) is 2. The summed E-state index contributed by atoms with van der Waals surface area (Å²) in [6.45, 7) is 5.23. The van der Waals surface area contributed by atoms with Crippen LogP contribution in [0, 0.1) is 0 Å². The Morgan fingerprint density at radius 2 is 1.50 bits per heavy atom. The predicted molar refractivity (Wildman–Crippen MR) is 103 cm³/mol. The highest BCUT2D eigenvalue weighted by Gasteiger charge is 2.13. The number of benzene rings is 2. The predicted octanol–water partition coefficient (Wildman–Crippen LogP) is 3.17. The maximum absolute atomic E-state index is 12.1. The Balaban J connectivity index is 1.51. The van der Waals surface area contributed by atoms with E-state index in [0.29, 0.717) is 18.1 Å². The van der Waals surface area contributed by atoms with Crippen LogP contribution in [0.25, 0.3) is 0 Å². The number of nitrogens with one attached hydrogen (secondary N) is 2. The maximum atomic E-state index is 12.1. The van der Waals surface area contributed by atoms with Crippen molar-refractivity contribution >= 4 is 17.6 Å². The normalized spacial score (nSPS) is 14.8. The van der Waals surface area contributed by atoms with Gasteiger partial charge in [-0.1, -0.05) is 54.1 Å². The van der Waals surface area contributed by atoms with E-state index in [9.17, 15) is 4.79 Å². The molecule has 2 aromatic rings. The first-order valence-corrected chi connectivity index (χ1v) is 9.22. The lowest BCUT2D eigenvalue weighted by molar-refractivity contribution is 0.0341. The van der Waals surface area contributed by atoms with Gasteiger partial charge in [0.15, 0.2) is 0 Å². The maximum Gasteiger partial charge on any atom is 0.315 e. The molecule has 5 nitrogen and oxygen atoms in total. The van der Waals surface area contributed by atoms with Gasteiger partial charge >= 0.3 is 6.03 Å². The van der Waals surface area contributed by atoms with Crippen LogP contribution in [0.1, 0.15) is 16.7 Å². The molecule has 1 fully saturated rings. The van der Waals surface area contributed by atoms with Crippen molar-refractivity contribution in [2.75, 3.05) is 26.3 Å². The van der Waals surface area contributed by atoms with Crippen LogP contribution in [0.4, 0.5) is 4.79 Å². The Kier molecular flexibility index (Phi) is 6.89. The third-order valence-corrected chi connectivity index (χ3v) is 4.82. The quantitative estimate of drug-likeness (QED) is 0.817. The van der Waals surface area contributed by atoms with Gasteiger partial charge < -0.3 is 15.4 Å². The van der Waals surface area contributed by atoms with Crippen molar-refractivity contribution in [2.24, 2.45) is 0 Å². The summed E-state index contributed by atoms with van der Waals surface area (Å²) < 4.78 is 5.40. The van der Waals surface area contributed by atoms with Crippen molar-refractivity contribution in [3.63, 3.8) is 0 Å². The van der Waals surface area contributed by atoms with Crippen LogP contribution in [0.2, 0.25) is 5.02 Å². The van der Waals surface area contributed by atoms with Crippen LogP contribution in [0.15, 0.2) is 48.5 Å². The molecule has 3 rings (SSSR count). The second-order valence-electron chi connectivity index (χ2n) is 6.28. The summed E-state index contributed by atoms with van der Waals surface area (Å²) >= 11 is 6.11. The van der Waals surface area contributed by atoms with E-state index in [1.807, 2.05) is 36.4 Å². The molecule has 6 heteroatoms. The zero-order chi connectivity index (χ0) is 18.2. The van der Waals surface area contributed by atoms with E-state index in [4.69, 9.17) is 16.3 Å². The molecule has 0 aromatic heterocycles. The molecule has 0 spiro atoms. The smallest absolute Gasteiger partial charge is 0.315 e. The number of hydrogen-bond acceptors (Lipinski definition) is 3. The first-order chi connectivity index (χ1) is 12.7. The number of nitrogens with zero attached hydrogens (tertiary/aromatic N) is 1. The molecule has 1 aliphatic rings. The Labute approximate surface area is 159 Å². The lowest BCUT2D eigenvalue weighted by atomic mass is 10.1. The van der Waals surface area contributed by atoms with Gasteiger partial charge in [-0.25, -0.2) is 4.79 Å². The van der Waals surface area contributed by atoms with Crippen molar-refractivity contribution < 1.29 is 9.53 Å². The van der Waals surface area contributed by atoms with Crippen LogP contribution >= 0.6 is 11.6 Å². The SMILES string of the molecule is O=C(NCc1ccccc1Cl)NCc1ccccc1CN1CCOCC1. The summed E-state index contributed by atoms with van der Waals surface area (Å²) in [6.07, 6.45) is 0. The van der Waals surface area contributed by atoms with Crippen molar-refractivity contribution in [3.8, 4) is 0 Å². The Bertz CT molecular complexity index is 733. The van der Waals surface area contributed by atoms with Crippen LogP contribution in [-0.2, 0) is 24.4 Å². The molecular weight excluding hydrogens is 350 g/mol. The highest BCUT2D eigenvalue weighted by Crippen LogP contribution is 2.15. The van der Waals surface area contributed by atoms with Crippen LogP contribution in [0.5, 0.6) is 0 Å². The number of carbonyl (C=O) groups excluding carboxylic acids is 1. The fourth-order valence-corrected chi connectivity index (χ4v) is 3.14. The number of amides is 2. The first-order valence-electron chi connectivity index (χ1n) is 8.84. The Morgan fingerprint density at radius 1 is 0.923 bits per heavy atom. The minimum absolute atomic E-state index is 0.203. The second kappa shape index (κ2) is 9.57. The molecule has 2 amide bonds. The molecule has 26 heavy (non-hydrogen) atoms. The minimum atomic E-state index is -0.203. The number of halogens is 1. The van der Waals surface area contributed by atoms with Crippen molar-refractivity contribution in [1.29, 1.82) is 0 Å². The van der Waals surface area contributed by atoms with Gasteiger partial charge in [0.05, 0.1) is 13.2 Å². The van der Waals surface area contributed by atoms with Crippen LogP contribution < -0.4 is 10.6 Å². The molecular formula is C20H24ClN3O2. The molecule has 2 N–H and O–H groups in total. The molecule has 0 unspecified atom stereocenters. The molecule has 1 saturated heterocycles. The van der Waals surface area contributed by atoms with E-state index in [-0.39, 0.29) is 6.03 Å². The van der Waals surface area contributed by atoms with Gasteiger partial charge in [0.1, 0.15) is 0 Å². The second-order valence-corrected chi connectivity index (χ2v) is 6.69. The number of urea groups is 1. The molecule has 138 valence electrons. The van der Waals surface area contributed by atoms with Crippen LogP contribution in [0.3, 0.4) is 0 Å². The van der Waals surface area contributed by atoms with Gasteiger partial charge in [-0.3, -0.25) is 4.90 Å². The molecule has 0 atom stereocenters. The molecule has 0 bridgehead atoms. The zero-order valence-corrected chi connectivity index (χ0v) is 15.5. The lowest BCUT2D eigenvalue weighted by Gasteiger charge is -2.27. The van der Waals surface area contributed by atoms with E-state index in [1.165, 1.54) is 5.56 Å². The summed E-state index contributed by atoms with van der Waals surface area (Å²) in [5.41, 5.74) is 3.27. The largest absolute Gasteiger partial charge is 0.379 e. The molecule has 1 heterocycles. The summed E-state index contributed by atoms with van der Waals surface area (Å²) in [6, 6.07) is 15.5. The van der Waals surface area contributed by atoms with Gasteiger partial charge in [0.2, 0.25) is 0 Å². The van der Waals surface area contributed by atoms with E-state index in [1.54, 1.807) is 0 Å². The van der Waals surface area contributed by atoms with Crippen molar-refractivity contribution in [2.45, 2.75) is 19.6 Å². The van der Waals surface area contributed by atoms with E-state index in [0.717, 1.165) is 44.0 Å². The summed E-state index contributed by atoms with van der Waals surface area (Å²) in [5, 5.41) is 6.44. The molecule has 0 saturated carbocycles. The fraction of sp³-hybridized carbons (Fsp3) is 0.350. The lowest BCUT2D eigenvalue weighted by Crippen LogP contribution is -2.37. The third-order valence-electron chi connectivity index (χ3n) is 4.45. The Morgan fingerprint density at radius 3 is 2.19 bits per heavy atom. The number of ether oxygens (including phenoxy) is 1. The van der Waals surface area contributed by atoms with Gasteiger partial charge in [0, 0.05) is 37.7 Å². The van der Waals surface area contributed by atoms with Gasteiger partial charge in [-0.2, -0.15) is 0 Å². The molecule has 0 radical (unpaired) electrons. The van der Waals surface area contributed by atoms with Gasteiger partial charge in [0.25, 0.3) is 0 Å².